The Kier molecular flexibility index (Phi) is 4.62. The van der Waals surface area contributed by atoms with Gasteiger partial charge in [-0.15, -0.1) is 0 Å². The molecule has 6 heteroatoms. The molecule has 2 aromatic carbocycles. The topological polar surface area (TPSA) is 45.6 Å². The van der Waals surface area contributed by atoms with Gasteiger partial charge in [-0.05, 0) is 30.3 Å². The molecular weight excluding hydrogens is 345 g/mol. The van der Waals surface area contributed by atoms with Crippen LogP contribution in [0, 0.1) is 5.82 Å². The lowest BCUT2D eigenvalue weighted by atomic mass is 10.2. The molecular formula is C21H20FN3O2. The number of rotatable bonds is 3. The highest BCUT2D eigenvalue weighted by molar-refractivity contribution is 5.82. The lowest BCUT2D eigenvalue weighted by molar-refractivity contribution is -0.132. The van der Waals surface area contributed by atoms with Gasteiger partial charge in [-0.1, -0.05) is 18.2 Å². The van der Waals surface area contributed by atoms with E-state index in [1.54, 1.807) is 16.8 Å². The average molecular weight is 365 g/mol. The number of carbonyl (C=O) groups excluding carboxylic acids is 1. The lowest BCUT2D eigenvalue weighted by Crippen LogP contribution is -2.49. The summed E-state index contributed by atoms with van der Waals surface area (Å²) < 4.78 is 15.2. The SMILES string of the molecule is O=C(Cn1ccc(=O)c2cc(F)ccc21)N1CCN(c2ccccc2)CC1. The third-order valence-electron chi connectivity index (χ3n) is 5.00. The molecule has 0 unspecified atom stereocenters. The van der Waals surface area contributed by atoms with Gasteiger partial charge in [0.15, 0.2) is 5.43 Å². The summed E-state index contributed by atoms with van der Waals surface area (Å²) in [6.45, 7) is 3.01. The number of anilines is 1. The second kappa shape index (κ2) is 7.23. The Hall–Kier alpha value is -3.15. The van der Waals surface area contributed by atoms with Gasteiger partial charge in [0.1, 0.15) is 12.4 Å². The molecule has 0 spiro atoms. The standard InChI is InChI=1S/C21H20FN3O2/c22-16-6-7-19-18(14-16)20(26)8-9-25(19)15-21(27)24-12-10-23(11-13-24)17-4-2-1-3-5-17/h1-9,14H,10-13,15H2. The van der Waals surface area contributed by atoms with Gasteiger partial charge in [0, 0.05) is 49.5 Å². The van der Waals surface area contributed by atoms with E-state index in [1.165, 1.54) is 18.2 Å². The van der Waals surface area contributed by atoms with Crippen LogP contribution in [0.25, 0.3) is 10.9 Å². The van der Waals surface area contributed by atoms with Gasteiger partial charge in [-0.2, -0.15) is 0 Å². The smallest absolute Gasteiger partial charge is 0.242 e. The summed E-state index contributed by atoms with van der Waals surface area (Å²) in [5.74, 6) is -0.460. The van der Waals surface area contributed by atoms with Crippen LogP contribution in [0.4, 0.5) is 10.1 Å². The predicted molar refractivity (Wildman–Crippen MR) is 103 cm³/mol. The quantitative estimate of drug-likeness (QED) is 0.716. The van der Waals surface area contributed by atoms with Crippen molar-refractivity contribution >= 4 is 22.5 Å². The third kappa shape index (κ3) is 3.56. The van der Waals surface area contributed by atoms with Crippen molar-refractivity contribution in [3.8, 4) is 0 Å². The molecule has 0 saturated carbocycles. The number of benzene rings is 2. The van der Waals surface area contributed by atoms with E-state index in [0.29, 0.717) is 24.0 Å². The molecule has 4 rings (SSSR count). The zero-order chi connectivity index (χ0) is 18.8. The molecule has 5 nitrogen and oxygen atoms in total. The fraction of sp³-hybridized carbons (Fsp3) is 0.238. The molecule has 1 aliphatic heterocycles. The Bertz CT molecular complexity index is 1020. The van der Waals surface area contributed by atoms with Crippen molar-refractivity contribution in [2.24, 2.45) is 0 Å². The number of amides is 1. The maximum absolute atomic E-state index is 13.5. The first-order chi connectivity index (χ1) is 13.1. The number of nitrogens with zero attached hydrogens (tertiary/aromatic N) is 3. The maximum atomic E-state index is 13.5. The van der Waals surface area contributed by atoms with Gasteiger partial charge in [0.2, 0.25) is 5.91 Å². The normalized spacial score (nSPS) is 14.6. The maximum Gasteiger partial charge on any atom is 0.242 e. The van der Waals surface area contributed by atoms with Crippen molar-refractivity contribution in [3.63, 3.8) is 0 Å². The summed E-state index contributed by atoms with van der Waals surface area (Å²) >= 11 is 0. The van der Waals surface area contributed by atoms with E-state index >= 15 is 0 Å². The molecule has 0 bridgehead atoms. The minimum Gasteiger partial charge on any atom is -0.368 e. The van der Waals surface area contributed by atoms with Gasteiger partial charge >= 0.3 is 0 Å². The Balaban J connectivity index is 1.47. The van der Waals surface area contributed by atoms with E-state index in [-0.39, 0.29) is 17.9 Å². The number of hydrogen-bond acceptors (Lipinski definition) is 3. The van der Waals surface area contributed by atoms with Crippen molar-refractivity contribution in [1.29, 1.82) is 0 Å². The van der Waals surface area contributed by atoms with Crippen LogP contribution in [0.15, 0.2) is 65.6 Å². The Morgan fingerprint density at radius 2 is 1.70 bits per heavy atom. The first-order valence-corrected chi connectivity index (χ1v) is 8.98. The first-order valence-electron chi connectivity index (χ1n) is 8.98. The second-order valence-electron chi connectivity index (χ2n) is 6.67. The lowest BCUT2D eigenvalue weighted by Gasteiger charge is -2.36. The molecule has 0 aliphatic carbocycles. The fourth-order valence-corrected chi connectivity index (χ4v) is 3.52. The number of fused-ring (bicyclic) bond motifs is 1. The van der Waals surface area contributed by atoms with E-state index < -0.39 is 5.82 Å². The van der Waals surface area contributed by atoms with Gasteiger partial charge in [0.05, 0.1) is 5.52 Å². The fourth-order valence-electron chi connectivity index (χ4n) is 3.52. The minimum atomic E-state index is -0.458. The van der Waals surface area contributed by atoms with Crippen molar-refractivity contribution in [2.75, 3.05) is 31.1 Å². The molecule has 1 amide bonds. The van der Waals surface area contributed by atoms with Crippen LogP contribution in [0.2, 0.25) is 0 Å². The molecule has 27 heavy (non-hydrogen) atoms. The molecule has 0 N–H and O–H groups in total. The van der Waals surface area contributed by atoms with E-state index in [2.05, 4.69) is 17.0 Å². The summed E-state index contributed by atoms with van der Waals surface area (Å²) in [7, 11) is 0. The van der Waals surface area contributed by atoms with E-state index in [9.17, 15) is 14.0 Å². The number of halogens is 1. The third-order valence-corrected chi connectivity index (χ3v) is 5.00. The van der Waals surface area contributed by atoms with E-state index in [0.717, 1.165) is 18.8 Å². The highest BCUT2D eigenvalue weighted by Crippen LogP contribution is 2.16. The van der Waals surface area contributed by atoms with Crippen LogP contribution in [-0.2, 0) is 11.3 Å². The van der Waals surface area contributed by atoms with Crippen molar-refractivity contribution in [1.82, 2.24) is 9.47 Å². The number of carbonyl (C=O) groups is 1. The second-order valence-corrected chi connectivity index (χ2v) is 6.67. The number of pyridine rings is 1. The molecule has 2 heterocycles. The highest BCUT2D eigenvalue weighted by atomic mass is 19.1. The predicted octanol–water partition coefficient (Wildman–Crippen LogP) is 2.49. The molecule has 1 fully saturated rings. The minimum absolute atomic E-state index is 0.00279. The zero-order valence-corrected chi connectivity index (χ0v) is 14.8. The van der Waals surface area contributed by atoms with Crippen LogP contribution in [0.3, 0.4) is 0 Å². The molecule has 1 aromatic heterocycles. The highest BCUT2D eigenvalue weighted by Gasteiger charge is 2.21. The summed E-state index contributed by atoms with van der Waals surface area (Å²) in [5, 5.41) is 0.291. The number of piperazine rings is 1. The monoisotopic (exact) mass is 365 g/mol. The molecule has 1 saturated heterocycles. The molecule has 0 atom stereocenters. The van der Waals surface area contributed by atoms with Crippen molar-refractivity contribution in [3.05, 3.63) is 76.8 Å². The molecule has 138 valence electrons. The van der Waals surface area contributed by atoms with Gasteiger partial charge in [-0.25, -0.2) is 4.39 Å². The largest absolute Gasteiger partial charge is 0.368 e. The summed E-state index contributed by atoms with van der Waals surface area (Å²) in [4.78, 5) is 28.8. The Labute approximate surface area is 156 Å². The van der Waals surface area contributed by atoms with Gasteiger partial charge in [-0.3, -0.25) is 9.59 Å². The zero-order valence-electron chi connectivity index (χ0n) is 14.8. The van der Waals surface area contributed by atoms with Crippen molar-refractivity contribution < 1.29 is 9.18 Å². The Morgan fingerprint density at radius 3 is 2.44 bits per heavy atom. The summed E-state index contributed by atoms with van der Waals surface area (Å²) in [6, 6.07) is 15.6. The van der Waals surface area contributed by atoms with E-state index in [4.69, 9.17) is 0 Å². The van der Waals surface area contributed by atoms with Crippen LogP contribution < -0.4 is 10.3 Å². The molecule has 0 radical (unpaired) electrons. The van der Waals surface area contributed by atoms with Gasteiger partial charge < -0.3 is 14.4 Å². The van der Waals surface area contributed by atoms with Gasteiger partial charge in [0.25, 0.3) is 0 Å². The van der Waals surface area contributed by atoms with Crippen LogP contribution in [-0.4, -0.2) is 41.6 Å². The molecule has 3 aromatic rings. The number of para-hydroxylation sites is 1. The van der Waals surface area contributed by atoms with Crippen molar-refractivity contribution in [2.45, 2.75) is 6.54 Å². The summed E-state index contributed by atoms with van der Waals surface area (Å²) in [5.41, 5.74) is 1.49. The van der Waals surface area contributed by atoms with E-state index in [1.807, 2.05) is 23.1 Å². The summed E-state index contributed by atoms with van der Waals surface area (Å²) in [6.07, 6.45) is 1.60. The van der Waals surface area contributed by atoms with Crippen LogP contribution in [0.1, 0.15) is 0 Å². The Morgan fingerprint density at radius 1 is 0.963 bits per heavy atom. The number of aromatic nitrogens is 1. The van der Waals surface area contributed by atoms with Crippen LogP contribution in [0.5, 0.6) is 0 Å². The molecule has 1 aliphatic rings. The number of hydrogen-bond donors (Lipinski definition) is 0. The van der Waals surface area contributed by atoms with Crippen LogP contribution >= 0.6 is 0 Å². The average Bonchev–Trinajstić information content (AvgIpc) is 2.71. The first kappa shape index (κ1) is 17.3.